The molecule has 1 aliphatic rings. The standard InChI is InChI=1S/C16H17NS/c1-2-9-14(10-3-1)18-17-16-12-6-8-13-7-4-5-11-15(13)16/h1-5,7,9-11,16-17H,6,8,12H2. The normalized spacial score (nSPS) is 18.3. The van der Waals surface area contributed by atoms with Crippen molar-refractivity contribution in [3.63, 3.8) is 0 Å². The Kier molecular flexibility index (Phi) is 3.67. The lowest BCUT2D eigenvalue weighted by Gasteiger charge is -2.25. The van der Waals surface area contributed by atoms with Crippen LogP contribution < -0.4 is 4.72 Å². The lowest BCUT2D eigenvalue weighted by molar-refractivity contribution is 0.543. The van der Waals surface area contributed by atoms with Gasteiger partial charge < -0.3 is 0 Å². The van der Waals surface area contributed by atoms with Crippen LogP contribution in [-0.2, 0) is 6.42 Å². The van der Waals surface area contributed by atoms with Gasteiger partial charge in [-0.05, 0) is 54.5 Å². The zero-order valence-electron chi connectivity index (χ0n) is 10.3. The highest BCUT2D eigenvalue weighted by Crippen LogP contribution is 2.31. The van der Waals surface area contributed by atoms with Gasteiger partial charge in [-0.1, -0.05) is 42.5 Å². The minimum absolute atomic E-state index is 0.486. The predicted molar refractivity (Wildman–Crippen MR) is 77.6 cm³/mol. The maximum absolute atomic E-state index is 3.61. The van der Waals surface area contributed by atoms with Crippen molar-refractivity contribution in [1.29, 1.82) is 0 Å². The van der Waals surface area contributed by atoms with Gasteiger partial charge in [0.1, 0.15) is 0 Å². The number of hydrogen-bond donors (Lipinski definition) is 1. The van der Waals surface area contributed by atoms with Gasteiger partial charge in [-0.25, -0.2) is 0 Å². The van der Waals surface area contributed by atoms with Gasteiger partial charge in [0.25, 0.3) is 0 Å². The molecule has 2 aromatic rings. The summed E-state index contributed by atoms with van der Waals surface area (Å²) in [6.45, 7) is 0. The Balaban J connectivity index is 1.71. The summed E-state index contributed by atoms with van der Waals surface area (Å²) < 4.78 is 3.61. The van der Waals surface area contributed by atoms with E-state index < -0.39 is 0 Å². The molecule has 0 heterocycles. The molecule has 1 unspecified atom stereocenters. The minimum Gasteiger partial charge on any atom is -0.252 e. The molecule has 0 saturated carbocycles. The Labute approximate surface area is 113 Å². The molecule has 18 heavy (non-hydrogen) atoms. The summed E-state index contributed by atoms with van der Waals surface area (Å²) in [5.74, 6) is 0. The summed E-state index contributed by atoms with van der Waals surface area (Å²) in [6.07, 6.45) is 3.74. The fraction of sp³-hybridized carbons (Fsp3) is 0.250. The number of hydrogen-bond acceptors (Lipinski definition) is 2. The molecule has 0 radical (unpaired) electrons. The van der Waals surface area contributed by atoms with E-state index in [1.54, 1.807) is 11.9 Å². The van der Waals surface area contributed by atoms with Crippen LogP contribution in [0.2, 0.25) is 0 Å². The fourth-order valence-electron chi connectivity index (χ4n) is 2.50. The summed E-state index contributed by atoms with van der Waals surface area (Å²) in [5.41, 5.74) is 2.99. The van der Waals surface area contributed by atoms with Crippen LogP contribution in [0.4, 0.5) is 0 Å². The molecule has 2 heteroatoms. The third kappa shape index (κ3) is 2.60. The van der Waals surface area contributed by atoms with Gasteiger partial charge in [0.2, 0.25) is 0 Å². The molecule has 0 aliphatic heterocycles. The molecule has 0 amide bonds. The van der Waals surface area contributed by atoms with Crippen LogP contribution in [-0.4, -0.2) is 0 Å². The van der Waals surface area contributed by atoms with Crippen LogP contribution >= 0.6 is 11.9 Å². The van der Waals surface area contributed by atoms with E-state index in [-0.39, 0.29) is 0 Å². The Morgan fingerprint density at radius 1 is 0.944 bits per heavy atom. The Morgan fingerprint density at radius 3 is 2.61 bits per heavy atom. The molecule has 1 N–H and O–H groups in total. The first-order chi connectivity index (χ1) is 8.93. The number of nitrogens with one attached hydrogen (secondary N) is 1. The summed E-state index contributed by atoms with van der Waals surface area (Å²) in [6, 6.07) is 19.8. The summed E-state index contributed by atoms with van der Waals surface area (Å²) in [7, 11) is 0. The minimum atomic E-state index is 0.486. The first-order valence-electron chi connectivity index (χ1n) is 6.49. The van der Waals surface area contributed by atoms with Gasteiger partial charge in [-0.3, -0.25) is 4.72 Å². The van der Waals surface area contributed by atoms with Crippen molar-refractivity contribution in [2.24, 2.45) is 0 Å². The summed E-state index contributed by atoms with van der Waals surface area (Å²) >= 11 is 1.74. The highest BCUT2D eigenvalue weighted by atomic mass is 32.2. The Bertz CT molecular complexity index is 510. The van der Waals surface area contributed by atoms with Crippen LogP contribution in [0.3, 0.4) is 0 Å². The van der Waals surface area contributed by atoms with Crippen LogP contribution in [0, 0.1) is 0 Å². The Hall–Kier alpha value is -1.25. The first kappa shape index (κ1) is 11.8. The van der Waals surface area contributed by atoms with Gasteiger partial charge >= 0.3 is 0 Å². The molecule has 1 nitrogen and oxygen atoms in total. The van der Waals surface area contributed by atoms with E-state index in [1.807, 2.05) is 0 Å². The van der Waals surface area contributed by atoms with Crippen molar-refractivity contribution in [2.75, 3.05) is 0 Å². The van der Waals surface area contributed by atoms with E-state index >= 15 is 0 Å². The molecule has 3 rings (SSSR count). The molecule has 92 valence electrons. The third-order valence-corrected chi connectivity index (χ3v) is 4.34. The third-order valence-electron chi connectivity index (χ3n) is 3.43. The highest BCUT2D eigenvalue weighted by Gasteiger charge is 2.19. The van der Waals surface area contributed by atoms with Gasteiger partial charge in [0, 0.05) is 10.9 Å². The van der Waals surface area contributed by atoms with Crippen LogP contribution in [0.1, 0.15) is 30.0 Å². The molecule has 0 spiro atoms. The fourth-order valence-corrected chi connectivity index (χ4v) is 3.32. The zero-order valence-corrected chi connectivity index (χ0v) is 11.1. The van der Waals surface area contributed by atoms with E-state index in [0.717, 1.165) is 0 Å². The van der Waals surface area contributed by atoms with Crippen molar-refractivity contribution in [2.45, 2.75) is 30.2 Å². The average Bonchev–Trinajstić information content (AvgIpc) is 2.46. The zero-order chi connectivity index (χ0) is 12.2. The Morgan fingerprint density at radius 2 is 1.72 bits per heavy atom. The molecule has 0 saturated heterocycles. The van der Waals surface area contributed by atoms with E-state index in [0.29, 0.717) is 6.04 Å². The molecule has 1 atom stereocenters. The predicted octanol–water partition coefficient (Wildman–Crippen LogP) is 4.36. The molecule has 0 bridgehead atoms. The van der Waals surface area contributed by atoms with E-state index in [9.17, 15) is 0 Å². The summed E-state index contributed by atoms with van der Waals surface area (Å²) in [4.78, 5) is 1.28. The largest absolute Gasteiger partial charge is 0.252 e. The van der Waals surface area contributed by atoms with Crippen molar-refractivity contribution in [1.82, 2.24) is 4.72 Å². The van der Waals surface area contributed by atoms with E-state index in [4.69, 9.17) is 0 Å². The quantitative estimate of drug-likeness (QED) is 0.818. The second kappa shape index (κ2) is 5.59. The SMILES string of the molecule is c1ccc(SNC2CCCc3ccccc32)cc1. The molecule has 0 aromatic heterocycles. The van der Waals surface area contributed by atoms with E-state index in [1.165, 1.54) is 35.3 Å². The van der Waals surface area contributed by atoms with Gasteiger partial charge in [-0.2, -0.15) is 0 Å². The van der Waals surface area contributed by atoms with Gasteiger partial charge in [0.05, 0.1) is 0 Å². The monoisotopic (exact) mass is 255 g/mol. The maximum Gasteiger partial charge on any atom is 0.0427 e. The molecule has 1 aliphatic carbocycles. The number of benzene rings is 2. The van der Waals surface area contributed by atoms with E-state index in [2.05, 4.69) is 59.3 Å². The number of fused-ring (bicyclic) bond motifs is 1. The first-order valence-corrected chi connectivity index (χ1v) is 7.30. The van der Waals surface area contributed by atoms with Gasteiger partial charge in [-0.15, -0.1) is 0 Å². The second-order valence-corrected chi connectivity index (χ2v) is 5.59. The number of rotatable bonds is 3. The maximum atomic E-state index is 3.61. The van der Waals surface area contributed by atoms with Crippen LogP contribution in [0.25, 0.3) is 0 Å². The smallest absolute Gasteiger partial charge is 0.0427 e. The molecular formula is C16H17NS. The average molecular weight is 255 g/mol. The number of aryl methyl sites for hydroxylation is 1. The van der Waals surface area contributed by atoms with Crippen molar-refractivity contribution >= 4 is 11.9 Å². The lowest BCUT2D eigenvalue weighted by Crippen LogP contribution is -2.19. The van der Waals surface area contributed by atoms with Crippen molar-refractivity contribution in [3.05, 3.63) is 65.7 Å². The second-order valence-electron chi connectivity index (χ2n) is 4.68. The lowest BCUT2D eigenvalue weighted by atomic mass is 9.88. The van der Waals surface area contributed by atoms with Crippen LogP contribution in [0.5, 0.6) is 0 Å². The van der Waals surface area contributed by atoms with Crippen LogP contribution in [0.15, 0.2) is 59.5 Å². The molecule has 2 aromatic carbocycles. The molecular weight excluding hydrogens is 238 g/mol. The van der Waals surface area contributed by atoms with Crippen molar-refractivity contribution < 1.29 is 0 Å². The highest BCUT2D eigenvalue weighted by molar-refractivity contribution is 7.97. The summed E-state index contributed by atoms with van der Waals surface area (Å²) in [5, 5.41) is 0. The van der Waals surface area contributed by atoms with Crippen molar-refractivity contribution in [3.8, 4) is 0 Å². The van der Waals surface area contributed by atoms with Gasteiger partial charge in [0.15, 0.2) is 0 Å². The topological polar surface area (TPSA) is 12.0 Å². The molecule has 0 fully saturated rings.